The molecule has 0 saturated carbocycles. The van der Waals surface area contributed by atoms with Crippen molar-refractivity contribution in [3.63, 3.8) is 0 Å². The number of primary amides is 1. The van der Waals surface area contributed by atoms with Crippen LogP contribution in [0.3, 0.4) is 0 Å². The second-order valence-corrected chi connectivity index (χ2v) is 5.25. The Balaban J connectivity index is 3.23. The molecule has 1 rings (SSSR count). The maximum absolute atomic E-state index is 11.2. The zero-order valence-corrected chi connectivity index (χ0v) is 9.02. The number of carbonyl (C=O) groups excluding carboxylic acids is 1. The Hall–Kier alpha value is -1.83. The van der Waals surface area contributed by atoms with E-state index >= 15 is 0 Å². The Morgan fingerprint density at radius 3 is 2.31 bits per heavy atom. The molecule has 3 N–H and O–H groups in total. The van der Waals surface area contributed by atoms with Crippen LogP contribution in [0.5, 0.6) is 0 Å². The molecule has 7 nitrogen and oxygen atoms in total. The monoisotopic (exact) mass is 247 g/mol. The average molecular weight is 247 g/mol. The van der Waals surface area contributed by atoms with E-state index in [1.54, 1.807) is 0 Å². The summed E-state index contributed by atoms with van der Waals surface area (Å²) in [5, 5.41) is 6.90. The molecule has 0 radical (unpaired) electrons. The minimum atomic E-state index is -3.79. The van der Waals surface area contributed by atoms with Crippen LogP contribution in [0.25, 0.3) is 0 Å². The third-order valence-electron chi connectivity index (χ3n) is 1.78. The Labute approximate surface area is 90.8 Å². The smallest absolute Gasteiger partial charge is 0.371 e. The summed E-state index contributed by atoms with van der Waals surface area (Å²) in [6.07, 6.45) is 0.811. The number of amides is 1. The van der Waals surface area contributed by atoms with Gasteiger partial charge in [0.1, 0.15) is 5.76 Å². The summed E-state index contributed by atoms with van der Waals surface area (Å²) >= 11 is 0. The largest absolute Gasteiger partial charge is 0.475 e. The quantitative estimate of drug-likeness (QED) is 0.741. The molecule has 1 amide bonds. The number of sulfone groups is 1. The van der Waals surface area contributed by atoms with Gasteiger partial charge in [-0.2, -0.15) is 0 Å². The first kappa shape index (κ1) is 12.2. The molecular weight excluding hydrogens is 238 g/mol. The molecule has 0 aliphatic heterocycles. The molecular formula is C8H9NO6S. The van der Waals surface area contributed by atoms with Gasteiger partial charge in [0, 0.05) is 6.26 Å². The van der Waals surface area contributed by atoms with Crippen molar-refractivity contribution >= 4 is 21.7 Å². The van der Waals surface area contributed by atoms with E-state index in [0.717, 1.165) is 18.4 Å². The lowest BCUT2D eigenvalue weighted by atomic mass is 10.3. The van der Waals surface area contributed by atoms with E-state index in [1.165, 1.54) is 0 Å². The lowest BCUT2D eigenvalue weighted by Crippen LogP contribution is -2.27. The molecule has 0 saturated heterocycles. The van der Waals surface area contributed by atoms with E-state index in [1.807, 2.05) is 0 Å². The number of carboxylic acid groups (broad SMARTS) is 1. The number of nitrogens with two attached hydrogens (primary N) is 1. The average Bonchev–Trinajstić information content (AvgIpc) is 2.49. The molecule has 88 valence electrons. The van der Waals surface area contributed by atoms with Crippen molar-refractivity contribution in [2.24, 2.45) is 5.73 Å². The predicted octanol–water partition coefficient (Wildman–Crippen LogP) is -0.451. The third-order valence-corrected chi connectivity index (χ3v) is 3.10. The summed E-state index contributed by atoms with van der Waals surface area (Å²) in [6, 6.07) is 2.15. The normalized spacial score (nSPS) is 13.3. The number of carboxylic acids is 1. The van der Waals surface area contributed by atoms with Crippen LogP contribution in [0.1, 0.15) is 21.6 Å². The van der Waals surface area contributed by atoms with Crippen LogP contribution >= 0.6 is 0 Å². The van der Waals surface area contributed by atoms with E-state index in [0.29, 0.717) is 0 Å². The van der Waals surface area contributed by atoms with Crippen LogP contribution in [-0.2, 0) is 14.6 Å². The molecule has 1 heterocycles. The standard InChI is InChI=1S/C8H9NO6S/c1-16(13,14)6(7(9)10)4-2-3-5(15-4)8(11)12/h2-3,6H,1H3,(H2,9,10)(H,11,12). The molecule has 8 heteroatoms. The van der Waals surface area contributed by atoms with Crippen LogP contribution in [0.4, 0.5) is 0 Å². The summed E-state index contributed by atoms with van der Waals surface area (Å²) in [4.78, 5) is 21.5. The molecule has 0 spiro atoms. The van der Waals surface area contributed by atoms with Gasteiger partial charge in [0.05, 0.1) is 0 Å². The second-order valence-electron chi connectivity index (χ2n) is 3.12. The van der Waals surface area contributed by atoms with Crippen LogP contribution in [0.15, 0.2) is 16.5 Å². The van der Waals surface area contributed by atoms with Crippen LogP contribution in [0.2, 0.25) is 0 Å². The third kappa shape index (κ3) is 2.40. The molecule has 0 aliphatic carbocycles. The van der Waals surface area contributed by atoms with E-state index < -0.39 is 32.7 Å². The van der Waals surface area contributed by atoms with Gasteiger partial charge in [-0.15, -0.1) is 0 Å². The zero-order valence-electron chi connectivity index (χ0n) is 8.21. The molecule has 1 aromatic heterocycles. The van der Waals surface area contributed by atoms with Gasteiger partial charge in [-0.25, -0.2) is 13.2 Å². The minimum Gasteiger partial charge on any atom is -0.475 e. The molecule has 1 unspecified atom stereocenters. The number of hydrogen-bond acceptors (Lipinski definition) is 5. The molecule has 0 aliphatic rings. The molecule has 1 atom stereocenters. The highest BCUT2D eigenvalue weighted by molar-refractivity contribution is 7.91. The second kappa shape index (κ2) is 3.97. The molecule has 1 aromatic rings. The van der Waals surface area contributed by atoms with Crippen molar-refractivity contribution in [3.8, 4) is 0 Å². The van der Waals surface area contributed by atoms with Crippen molar-refractivity contribution in [1.82, 2.24) is 0 Å². The highest BCUT2D eigenvalue weighted by Gasteiger charge is 2.32. The summed E-state index contributed by atoms with van der Waals surface area (Å²) in [6.45, 7) is 0. The fourth-order valence-corrected chi connectivity index (χ4v) is 2.14. The Bertz CT molecular complexity index is 528. The van der Waals surface area contributed by atoms with Gasteiger partial charge in [0.2, 0.25) is 11.7 Å². The maximum atomic E-state index is 11.2. The van der Waals surface area contributed by atoms with Gasteiger partial charge in [-0.3, -0.25) is 4.79 Å². The Kier molecular flexibility index (Phi) is 3.04. The van der Waals surface area contributed by atoms with Crippen molar-refractivity contribution < 1.29 is 27.5 Å². The first-order valence-corrected chi connectivity index (χ1v) is 6.00. The first-order valence-electron chi connectivity index (χ1n) is 4.04. The number of furan rings is 1. The van der Waals surface area contributed by atoms with Crippen LogP contribution < -0.4 is 5.73 Å². The molecule has 16 heavy (non-hydrogen) atoms. The van der Waals surface area contributed by atoms with Crippen molar-refractivity contribution in [2.75, 3.05) is 6.26 Å². The minimum absolute atomic E-state index is 0.299. The number of aromatic carboxylic acids is 1. The van der Waals surface area contributed by atoms with Gasteiger partial charge in [-0.1, -0.05) is 0 Å². The fraction of sp³-hybridized carbons (Fsp3) is 0.250. The Morgan fingerprint density at radius 1 is 1.44 bits per heavy atom. The summed E-state index contributed by atoms with van der Waals surface area (Å²) in [5.74, 6) is -3.23. The highest BCUT2D eigenvalue weighted by Crippen LogP contribution is 2.23. The summed E-state index contributed by atoms with van der Waals surface area (Å²) < 4.78 is 27.2. The van der Waals surface area contributed by atoms with E-state index in [2.05, 4.69) is 0 Å². The highest BCUT2D eigenvalue weighted by atomic mass is 32.2. The van der Waals surface area contributed by atoms with E-state index in [4.69, 9.17) is 15.3 Å². The summed E-state index contributed by atoms with van der Waals surface area (Å²) in [5.41, 5.74) is 4.91. The molecule has 0 fully saturated rings. The first-order chi connectivity index (χ1) is 7.23. The van der Waals surface area contributed by atoms with Crippen molar-refractivity contribution in [3.05, 3.63) is 23.7 Å². The predicted molar refractivity (Wildman–Crippen MR) is 52.4 cm³/mol. The van der Waals surface area contributed by atoms with Crippen LogP contribution in [-0.4, -0.2) is 31.7 Å². The topological polar surface area (TPSA) is 128 Å². The van der Waals surface area contributed by atoms with Gasteiger partial charge < -0.3 is 15.3 Å². The van der Waals surface area contributed by atoms with Gasteiger partial charge in [0.15, 0.2) is 15.1 Å². The fourth-order valence-electron chi connectivity index (χ4n) is 1.17. The Morgan fingerprint density at radius 2 is 2.00 bits per heavy atom. The SMILES string of the molecule is CS(=O)(=O)C(C(N)=O)c1ccc(C(=O)O)o1. The molecule has 0 aromatic carbocycles. The lowest BCUT2D eigenvalue weighted by molar-refractivity contribution is -0.118. The number of hydrogen-bond donors (Lipinski definition) is 2. The molecule has 0 bridgehead atoms. The maximum Gasteiger partial charge on any atom is 0.371 e. The van der Waals surface area contributed by atoms with Crippen LogP contribution in [0, 0.1) is 0 Å². The number of rotatable bonds is 4. The van der Waals surface area contributed by atoms with Crippen molar-refractivity contribution in [1.29, 1.82) is 0 Å². The van der Waals surface area contributed by atoms with Gasteiger partial charge in [-0.05, 0) is 12.1 Å². The lowest BCUT2D eigenvalue weighted by Gasteiger charge is -2.07. The van der Waals surface area contributed by atoms with Gasteiger partial charge in [0.25, 0.3) is 0 Å². The van der Waals surface area contributed by atoms with E-state index in [9.17, 15) is 18.0 Å². The van der Waals surface area contributed by atoms with Gasteiger partial charge >= 0.3 is 5.97 Å². The zero-order chi connectivity index (χ0) is 12.5. The van der Waals surface area contributed by atoms with E-state index in [-0.39, 0.29) is 5.76 Å². The summed E-state index contributed by atoms with van der Waals surface area (Å²) in [7, 11) is -3.79. The van der Waals surface area contributed by atoms with Crippen molar-refractivity contribution in [2.45, 2.75) is 5.25 Å². The number of carbonyl (C=O) groups is 2.